The zero-order chi connectivity index (χ0) is 43.7. The lowest BCUT2D eigenvalue weighted by Gasteiger charge is -2.21. The van der Waals surface area contributed by atoms with Gasteiger partial charge in [-0.3, -0.25) is 4.79 Å². The minimum absolute atomic E-state index is 0.0163. The maximum absolute atomic E-state index is 12.4. The first-order valence-electron chi connectivity index (χ1n) is 27.1. The van der Waals surface area contributed by atoms with Crippen molar-refractivity contribution in [2.45, 2.75) is 315 Å². The van der Waals surface area contributed by atoms with Crippen molar-refractivity contribution in [2.75, 3.05) is 6.61 Å². The summed E-state index contributed by atoms with van der Waals surface area (Å²) < 4.78 is 0. The molecule has 0 fully saturated rings. The second kappa shape index (κ2) is 50.5. The van der Waals surface area contributed by atoms with E-state index < -0.39 is 18.2 Å². The van der Waals surface area contributed by atoms with Crippen LogP contribution in [0.15, 0.2) is 24.3 Å². The number of carbonyl (C=O) groups excluding carboxylic acids is 1. The molecule has 0 rings (SSSR count). The van der Waals surface area contributed by atoms with Crippen LogP contribution in [-0.2, 0) is 4.79 Å². The van der Waals surface area contributed by atoms with E-state index in [0.29, 0.717) is 6.42 Å². The van der Waals surface area contributed by atoms with Crippen LogP contribution in [0.1, 0.15) is 296 Å². The molecule has 0 aromatic carbocycles. The Morgan fingerprint density at radius 2 is 0.700 bits per heavy atom. The van der Waals surface area contributed by atoms with Gasteiger partial charge in [0.05, 0.1) is 31.3 Å². The lowest BCUT2D eigenvalue weighted by Crippen LogP contribution is -2.45. The van der Waals surface area contributed by atoms with Crippen LogP contribution in [0.4, 0.5) is 0 Å². The molecule has 5 nitrogen and oxygen atoms in total. The van der Waals surface area contributed by atoms with Gasteiger partial charge in [0.15, 0.2) is 0 Å². The Balaban J connectivity index is 3.44. The molecule has 0 aromatic rings. The van der Waals surface area contributed by atoms with Crippen molar-refractivity contribution in [3.05, 3.63) is 24.3 Å². The monoisotopic (exact) mass is 846 g/mol. The normalized spacial score (nSPS) is 13.5. The second-order valence-corrected chi connectivity index (χ2v) is 18.8. The minimum Gasteiger partial charge on any atom is -0.394 e. The molecule has 0 spiro atoms. The van der Waals surface area contributed by atoms with Crippen molar-refractivity contribution >= 4 is 5.91 Å². The van der Waals surface area contributed by atoms with Crippen LogP contribution < -0.4 is 5.32 Å². The lowest BCUT2D eigenvalue weighted by atomic mass is 10.0. The van der Waals surface area contributed by atoms with Gasteiger partial charge in [0.25, 0.3) is 0 Å². The standard InChI is InChI=1S/C55H107NO4/c1-3-5-7-9-11-13-15-16-17-18-19-20-21-22-23-24-25-26-27-28-29-30-31-32-33-34-35-36-37-38-39-40-42-44-46-48-52(58)50-55(60)56-53(51-57)54(59)49-47-45-43-41-14-12-10-8-6-4-2/h26-27,47,49,52-54,57-59H,3-25,28-46,48,50-51H2,1-2H3,(H,56,60)/b27-26-,49-47+. The highest BCUT2D eigenvalue weighted by Gasteiger charge is 2.20. The van der Waals surface area contributed by atoms with Gasteiger partial charge in [-0.15, -0.1) is 0 Å². The van der Waals surface area contributed by atoms with E-state index in [0.717, 1.165) is 25.7 Å². The molecule has 0 radical (unpaired) electrons. The molecule has 0 aliphatic rings. The fraction of sp³-hybridized carbons (Fsp3) is 0.909. The molecule has 0 aliphatic carbocycles. The number of rotatable bonds is 50. The van der Waals surface area contributed by atoms with Crippen LogP contribution in [0.5, 0.6) is 0 Å². The van der Waals surface area contributed by atoms with Crippen molar-refractivity contribution in [2.24, 2.45) is 0 Å². The predicted molar refractivity (Wildman–Crippen MR) is 264 cm³/mol. The van der Waals surface area contributed by atoms with Crippen LogP contribution in [0.3, 0.4) is 0 Å². The molecule has 0 saturated heterocycles. The molecule has 0 bridgehead atoms. The van der Waals surface area contributed by atoms with Gasteiger partial charge in [-0.2, -0.15) is 0 Å². The van der Waals surface area contributed by atoms with Crippen molar-refractivity contribution in [1.82, 2.24) is 5.32 Å². The van der Waals surface area contributed by atoms with Gasteiger partial charge in [-0.05, 0) is 44.9 Å². The van der Waals surface area contributed by atoms with Gasteiger partial charge in [-0.25, -0.2) is 0 Å². The van der Waals surface area contributed by atoms with Crippen molar-refractivity contribution in [3.8, 4) is 0 Å². The van der Waals surface area contributed by atoms with E-state index >= 15 is 0 Å². The number of hydrogen-bond donors (Lipinski definition) is 4. The SMILES string of the molecule is CCCCCCCCCC/C=C/C(O)C(CO)NC(=O)CC(O)CCCCCCCCCCCCCCCCC/C=C\CCCCCCCCCCCCCCCCCC. The smallest absolute Gasteiger partial charge is 0.222 e. The number of allylic oxidation sites excluding steroid dienone is 3. The molecular weight excluding hydrogens is 739 g/mol. The Morgan fingerprint density at radius 1 is 0.417 bits per heavy atom. The predicted octanol–water partition coefficient (Wildman–Crippen LogP) is 16.5. The minimum atomic E-state index is -0.925. The van der Waals surface area contributed by atoms with Gasteiger partial charge in [0.2, 0.25) is 5.91 Å². The molecule has 0 heterocycles. The lowest BCUT2D eigenvalue weighted by molar-refractivity contribution is -0.124. The van der Waals surface area contributed by atoms with E-state index in [2.05, 4.69) is 31.3 Å². The summed E-state index contributed by atoms with van der Waals surface area (Å²) in [6.45, 7) is 4.21. The van der Waals surface area contributed by atoms with E-state index in [9.17, 15) is 20.1 Å². The molecule has 3 unspecified atom stereocenters. The third-order valence-corrected chi connectivity index (χ3v) is 12.7. The van der Waals surface area contributed by atoms with Crippen molar-refractivity contribution < 1.29 is 20.1 Å². The van der Waals surface area contributed by atoms with Gasteiger partial charge < -0.3 is 20.6 Å². The summed E-state index contributed by atoms with van der Waals surface area (Å²) >= 11 is 0. The van der Waals surface area contributed by atoms with E-state index in [1.807, 2.05) is 6.08 Å². The van der Waals surface area contributed by atoms with Gasteiger partial charge >= 0.3 is 0 Å². The average Bonchev–Trinajstić information content (AvgIpc) is 3.24. The number of aliphatic hydroxyl groups excluding tert-OH is 3. The Bertz CT molecular complexity index is 890. The topological polar surface area (TPSA) is 89.8 Å². The van der Waals surface area contributed by atoms with Gasteiger partial charge in [0.1, 0.15) is 0 Å². The highest BCUT2D eigenvalue weighted by Crippen LogP contribution is 2.17. The number of amides is 1. The number of nitrogens with one attached hydrogen (secondary N) is 1. The summed E-state index contributed by atoms with van der Waals surface area (Å²) in [4.78, 5) is 12.4. The molecular formula is C55H107NO4. The Hall–Kier alpha value is -1.17. The van der Waals surface area contributed by atoms with Crippen molar-refractivity contribution in [1.29, 1.82) is 0 Å². The van der Waals surface area contributed by atoms with E-state index in [-0.39, 0.29) is 18.9 Å². The third-order valence-electron chi connectivity index (χ3n) is 12.7. The molecule has 1 amide bonds. The largest absolute Gasteiger partial charge is 0.394 e. The molecule has 356 valence electrons. The Labute approximate surface area is 375 Å². The summed E-state index contributed by atoms with van der Waals surface area (Å²) in [6, 6.07) is -0.740. The van der Waals surface area contributed by atoms with Crippen LogP contribution in [0.25, 0.3) is 0 Å². The molecule has 0 aromatic heterocycles. The van der Waals surface area contributed by atoms with Crippen LogP contribution >= 0.6 is 0 Å². The molecule has 3 atom stereocenters. The summed E-state index contributed by atoms with van der Waals surface area (Å²) in [6.07, 6.45) is 63.9. The highest BCUT2D eigenvalue weighted by molar-refractivity contribution is 5.76. The van der Waals surface area contributed by atoms with E-state index in [1.54, 1.807) is 6.08 Å². The average molecular weight is 846 g/mol. The highest BCUT2D eigenvalue weighted by atomic mass is 16.3. The molecule has 5 heteroatoms. The Kier molecular flexibility index (Phi) is 49.5. The zero-order valence-corrected chi connectivity index (χ0v) is 40.6. The first-order valence-corrected chi connectivity index (χ1v) is 27.1. The molecule has 4 N–H and O–H groups in total. The maximum Gasteiger partial charge on any atom is 0.222 e. The van der Waals surface area contributed by atoms with Crippen LogP contribution in [0.2, 0.25) is 0 Å². The molecule has 0 aliphatic heterocycles. The fourth-order valence-electron chi connectivity index (χ4n) is 8.57. The molecule has 0 saturated carbocycles. The maximum atomic E-state index is 12.4. The summed E-state index contributed by atoms with van der Waals surface area (Å²) in [7, 11) is 0. The number of hydrogen-bond acceptors (Lipinski definition) is 4. The second-order valence-electron chi connectivity index (χ2n) is 18.8. The Morgan fingerprint density at radius 3 is 1.02 bits per heavy atom. The summed E-state index contributed by atoms with van der Waals surface area (Å²) in [5.41, 5.74) is 0. The first-order chi connectivity index (χ1) is 29.5. The van der Waals surface area contributed by atoms with Crippen LogP contribution in [-0.4, -0.2) is 46.1 Å². The number of aliphatic hydroxyl groups is 3. The number of unbranched alkanes of at least 4 members (excludes halogenated alkanes) is 39. The quantitative estimate of drug-likeness (QED) is 0.0363. The first kappa shape index (κ1) is 58.8. The molecule has 60 heavy (non-hydrogen) atoms. The third kappa shape index (κ3) is 46.3. The van der Waals surface area contributed by atoms with E-state index in [4.69, 9.17) is 0 Å². The summed E-state index contributed by atoms with van der Waals surface area (Å²) in [5.74, 6) is -0.314. The van der Waals surface area contributed by atoms with E-state index in [1.165, 1.54) is 244 Å². The fourth-order valence-corrected chi connectivity index (χ4v) is 8.57. The van der Waals surface area contributed by atoms with Crippen LogP contribution in [0, 0.1) is 0 Å². The number of carbonyl (C=O) groups is 1. The van der Waals surface area contributed by atoms with Crippen molar-refractivity contribution in [3.63, 3.8) is 0 Å². The summed E-state index contributed by atoms with van der Waals surface area (Å²) in [5, 5.41) is 33.2. The zero-order valence-electron chi connectivity index (χ0n) is 40.6. The van der Waals surface area contributed by atoms with Gasteiger partial charge in [0, 0.05) is 0 Å². The van der Waals surface area contributed by atoms with Gasteiger partial charge in [-0.1, -0.05) is 269 Å².